The van der Waals surface area contributed by atoms with Gasteiger partial charge in [-0.05, 0) is 24.2 Å². The lowest BCUT2D eigenvalue weighted by Crippen LogP contribution is -2.30. The van der Waals surface area contributed by atoms with Gasteiger partial charge in [0.1, 0.15) is 0 Å². The molecule has 1 atom stereocenters. The molecule has 0 bridgehead atoms. The Morgan fingerprint density at radius 3 is 3.00 bits per heavy atom. The minimum atomic E-state index is -0.0535. The molecule has 1 aromatic carbocycles. The van der Waals surface area contributed by atoms with E-state index in [9.17, 15) is 4.79 Å². The Morgan fingerprint density at radius 1 is 1.43 bits per heavy atom. The van der Waals surface area contributed by atoms with Crippen LogP contribution in [0.15, 0.2) is 43.0 Å². The Hall–Kier alpha value is -2.14. The van der Waals surface area contributed by atoms with E-state index >= 15 is 0 Å². The Labute approximate surface area is 125 Å². The molecule has 1 aromatic heterocycles. The summed E-state index contributed by atoms with van der Waals surface area (Å²) in [4.78, 5) is 16.1. The molecule has 0 fully saturated rings. The second kappa shape index (κ2) is 7.59. The summed E-state index contributed by atoms with van der Waals surface area (Å²) in [5.74, 6) is -0.0158. The maximum Gasteiger partial charge on any atom is 0.228 e. The van der Waals surface area contributed by atoms with Crippen molar-refractivity contribution in [3.05, 3.63) is 48.5 Å². The van der Waals surface area contributed by atoms with Gasteiger partial charge >= 0.3 is 0 Å². The predicted molar refractivity (Wildman–Crippen MR) is 84.1 cm³/mol. The van der Waals surface area contributed by atoms with Gasteiger partial charge in [-0.25, -0.2) is 4.98 Å². The van der Waals surface area contributed by atoms with E-state index in [4.69, 9.17) is 0 Å². The van der Waals surface area contributed by atoms with Crippen LogP contribution in [0.5, 0.6) is 0 Å². The molecule has 0 aliphatic carbocycles. The maximum atomic E-state index is 12.1. The Morgan fingerprint density at radius 2 is 2.29 bits per heavy atom. The van der Waals surface area contributed by atoms with Crippen molar-refractivity contribution >= 4 is 11.6 Å². The smallest absolute Gasteiger partial charge is 0.228 e. The molecule has 2 N–H and O–H groups in total. The molecule has 0 radical (unpaired) electrons. The van der Waals surface area contributed by atoms with Gasteiger partial charge < -0.3 is 15.2 Å². The second-order valence-electron chi connectivity index (χ2n) is 5.13. The van der Waals surface area contributed by atoms with E-state index < -0.39 is 0 Å². The van der Waals surface area contributed by atoms with Crippen LogP contribution in [0.2, 0.25) is 0 Å². The minimum Gasteiger partial charge on any atom is -0.333 e. The summed E-state index contributed by atoms with van der Waals surface area (Å²) in [6, 6.07) is 7.90. The quantitative estimate of drug-likeness (QED) is 0.819. The number of carbonyl (C=O) groups excluding carboxylic acids is 1. The summed E-state index contributed by atoms with van der Waals surface area (Å²) in [6.07, 6.45) is 5.46. The number of imidazole rings is 1. The van der Waals surface area contributed by atoms with Crippen molar-refractivity contribution in [2.75, 3.05) is 18.4 Å². The van der Waals surface area contributed by atoms with Crippen molar-refractivity contribution in [1.29, 1.82) is 0 Å². The molecule has 2 aromatic rings. The van der Waals surface area contributed by atoms with E-state index in [-0.39, 0.29) is 11.8 Å². The van der Waals surface area contributed by atoms with Crippen LogP contribution in [0.3, 0.4) is 0 Å². The first kappa shape index (κ1) is 15.3. The molecular formula is C16H22N4O. The second-order valence-corrected chi connectivity index (χ2v) is 5.13. The number of amides is 1. The normalized spacial score (nSPS) is 12.1. The zero-order chi connectivity index (χ0) is 15.1. The molecule has 5 heteroatoms. The standard InChI is InChI=1S/C16H22N4O/c1-3-17-10-13(2)16(21)19-15-6-4-5-14(9-15)11-20-8-7-18-12-20/h4-9,12-13,17H,3,10-11H2,1-2H3,(H,19,21). The SMILES string of the molecule is CCNCC(C)C(=O)Nc1cccc(Cn2ccnc2)c1. The van der Waals surface area contributed by atoms with Gasteiger partial charge in [0.2, 0.25) is 5.91 Å². The molecule has 5 nitrogen and oxygen atoms in total. The van der Waals surface area contributed by atoms with Crippen LogP contribution in [-0.2, 0) is 11.3 Å². The zero-order valence-corrected chi connectivity index (χ0v) is 12.5. The highest BCUT2D eigenvalue weighted by Crippen LogP contribution is 2.13. The average Bonchev–Trinajstić information content (AvgIpc) is 2.98. The van der Waals surface area contributed by atoms with Gasteiger partial charge in [0.15, 0.2) is 0 Å². The molecule has 0 aliphatic rings. The van der Waals surface area contributed by atoms with E-state index in [0.717, 1.165) is 24.3 Å². The lowest BCUT2D eigenvalue weighted by molar-refractivity contribution is -0.119. The fourth-order valence-corrected chi connectivity index (χ4v) is 2.06. The molecule has 0 saturated heterocycles. The van der Waals surface area contributed by atoms with Crippen molar-refractivity contribution in [2.24, 2.45) is 5.92 Å². The summed E-state index contributed by atoms with van der Waals surface area (Å²) in [5, 5.41) is 6.15. The van der Waals surface area contributed by atoms with Gasteiger partial charge in [-0.1, -0.05) is 26.0 Å². The zero-order valence-electron chi connectivity index (χ0n) is 12.5. The molecular weight excluding hydrogens is 264 g/mol. The van der Waals surface area contributed by atoms with Crippen molar-refractivity contribution in [2.45, 2.75) is 20.4 Å². The van der Waals surface area contributed by atoms with Gasteiger partial charge in [0.05, 0.1) is 6.33 Å². The van der Waals surface area contributed by atoms with Crippen molar-refractivity contribution in [3.63, 3.8) is 0 Å². The number of hydrogen-bond donors (Lipinski definition) is 2. The lowest BCUT2D eigenvalue weighted by Gasteiger charge is -2.13. The van der Waals surface area contributed by atoms with E-state index in [1.165, 1.54) is 0 Å². The fraction of sp³-hybridized carbons (Fsp3) is 0.375. The summed E-state index contributed by atoms with van der Waals surface area (Å²) < 4.78 is 1.99. The largest absolute Gasteiger partial charge is 0.333 e. The fourth-order valence-electron chi connectivity index (χ4n) is 2.06. The molecule has 112 valence electrons. The molecule has 0 aliphatic heterocycles. The molecule has 0 saturated carbocycles. The summed E-state index contributed by atoms with van der Waals surface area (Å²) >= 11 is 0. The predicted octanol–water partition coefficient (Wildman–Crippen LogP) is 2.12. The van der Waals surface area contributed by atoms with Crippen LogP contribution in [-0.4, -0.2) is 28.5 Å². The summed E-state index contributed by atoms with van der Waals surface area (Å²) in [7, 11) is 0. The topological polar surface area (TPSA) is 59.0 Å². The number of rotatable bonds is 7. The maximum absolute atomic E-state index is 12.1. The Kier molecular flexibility index (Phi) is 5.51. The summed E-state index contributed by atoms with van der Waals surface area (Å²) in [6.45, 7) is 6.27. The van der Waals surface area contributed by atoms with Crippen LogP contribution >= 0.6 is 0 Å². The van der Waals surface area contributed by atoms with Crippen LogP contribution in [0.4, 0.5) is 5.69 Å². The third-order valence-electron chi connectivity index (χ3n) is 3.27. The number of benzene rings is 1. The first-order valence-electron chi connectivity index (χ1n) is 7.25. The first-order valence-corrected chi connectivity index (χ1v) is 7.25. The number of nitrogens with zero attached hydrogens (tertiary/aromatic N) is 2. The Bertz CT molecular complexity index is 565. The molecule has 0 spiro atoms. The molecule has 21 heavy (non-hydrogen) atoms. The monoisotopic (exact) mass is 286 g/mol. The first-order chi connectivity index (χ1) is 10.2. The van der Waals surface area contributed by atoms with Crippen LogP contribution in [0, 0.1) is 5.92 Å². The van der Waals surface area contributed by atoms with Crippen LogP contribution in [0.1, 0.15) is 19.4 Å². The highest BCUT2D eigenvalue weighted by Gasteiger charge is 2.12. The summed E-state index contributed by atoms with van der Waals surface area (Å²) in [5.41, 5.74) is 1.96. The highest BCUT2D eigenvalue weighted by atomic mass is 16.1. The lowest BCUT2D eigenvalue weighted by atomic mass is 10.1. The van der Waals surface area contributed by atoms with E-state index in [1.807, 2.05) is 48.9 Å². The Balaban J connectivity index is 1.96. The van der Waals surface area contributed by atoms with Gasteiger partial charge in [0.25, 0.3) is 0 Å². The van der Waals surface area contributed by atoms with E-state index in [2.05, 4.69) is 15.6 Å². The van der Waals surface area contributed by atoms with Gasteiger partial charge in [-0.2, -0.15) is 0 Å². The molecule has 1 amide bonds. The highest BCUT2D eigenvalue weighted by molar-refractivity contribution is 5.92. The van der Waals surface area contributed by atoms with Crippen LogP contribution < -0.4 is 10.6 Å². The van der Waals surface area contributed by atoms with Gasteiger partial charge in [-0.3, -0.25) is 4.79 Å². The number of hydrogen-bond acceptors (Lipinski definition) is 3. The molecule has 1 unspecified atom stereocenters. The van der Waals surface area contributed by atoms with Crippen molar-refractivity contribution in [1.82, 2.24) is 14.9 Å². The third kappa shape index (κ3) is 4.72. The van der Waals surface area contributed by atoms with Crippen molar-refractivity contribution < 1.29 is 4.79 Å². The number of aromatic nitrogens is 2. The van der Waals surface area contributed by atoms with Gasteiger partial charge in [0, 0.05) is 37.1 Å². The minimum absolute atomic E-state index is 0.0377. The van der Waals surface area contributed by atoms with E-state index in [0.29, 0.717) is 6.54 Å². The number of nitrogens with one attached hydrogen (secondary N) is 2. The van der Waals surface area contributed by atoms with Crippen molar-refractivity contribution in [3.8, 4) is 0 Å². The van der Waals surface area contributed by atoms with Gasteiger partial charge in [-0.15, -0.1) is 0 Å². The molecule has 2 rings (SSSR count). The average molecular weight is 286 g/mol. The number of carbonyl (C=O) groups is 1. The number of anilines is 1. The molecule has 1 heterocycles. The van der Waals surface area contributed by atoms with E-state index in [1.54, 1.807) is 12.5 Å². The van der Waals surface area contributed by atoms with Crippen LogP contribution in [0.25, 0.3) is 0 Å². The third-order valence-corrected chi connectivity index (χ3v) is 3.27.